The van der Waals surface area contributed by atoms with Crippen molar-refractivity contribution in [3.05, 3.63) is 0 Å². The van der Waals surface area contributed by atoms with Crippen molar-refractivity contribution < 1.29 is 9.53 Å². The Bertz CT molecular complexity index is 277. The van der Waals surface area contributed by atoms with Crippen LogP contribution in [0.15, 0.2) is 0 Å². The topological polar surface area (TPSA) is 41.6 Å². The highest BCUT2D eigenvalue weighted by Crippen LogP contribution is 2.25. The van der Waals surface area contributed by atoms with Gasteiger partial charge in [-0.25, -0.2) is 0 Å². The Morgan fingerprint density at radius 2 is 2.06 bits per heavy atom. The second-order valence-corrected chi connectivity index (χ2v) is 5.77. The number of methoxy groups -OCH3 is 1. The van der Waals surface area contributed by atoms with Gasteiger partial charge in [-0.2, -0.15) is 0 Å². The van der Waals surface area contributed by atoms with Gasteiger partial charge in [0.05, 0.1) is 13.5 Å². The highest BCUT2D eigenvalue weighted by atomic mass is 16.5. The second kappa shape index (κ2) is 6.53. The third kappa shape index (κ3) is 3.69. The molecule has 1 saturated carbocycles. The van der Waals surface area contributed by atoms with Gasteiger partial charge in [0.2, 0.25) is 0 Å². The van der Waals surface area contributed by atoms with E-state index in [0.717, 1.165) is 19.1 Å². The molecule has 0 aromatic rings. The Kier molecular flexibility index (Phi) is 5.01. The van der Waals surface area contributed by atoms with Crippen molar-refractivity contribution in [1.29, 1.82) is 0 Å². The van der Waals surface area contributed by atoms with Crippen LogP contribution in [0.4, 0.5) is 0 Å². The SMILES string of the molecule is COC(=O)CC1CN(C2CCCC2)CCC(C)N1. The summed E-state index contributed by atoms with van der Waals surface area (Å²) >= 11 is 0. The highest BCUT2D eigenvalue weighted by Gasteiger charge is 2.29. The molecule has 0 aromatic carbocycles. The minimum absolute atomic E-state index is 0.104. The summed E-state index contributed by atoms with van der Waals surface area (Å²) in [5, 5.41) is 3.55. The average molecular weight is 254 g/mol. The number of hydrogen-bond donors (Lipinski definition) is 1. The molecule has 1 N–H and O–H groups in total. The van der Waals surface area contributed by atoms with Gasteiger partial charge in [0.1, 0.15) is 0 Å². The maximum atomic E-state index is 11.4. The van der Waals surface area contributed by atoms with E-state index in [2.05, 4.69) is 17.1 Å². The number of nitrogens with zero attached hydrogens (tertiary/aromatic N) is 1. The molecule has 18 heavy (non-hydrogen) atoms. The molecule has 0 amide bonds. The van der Waals surface area contributed by atoms with E-state index in [1.807, 2.05) is 0 Å². The molecular formula is C14H26N2O2. The molecule has 1 heterocycles. The van der Waals surface area contributed by atoms with Crippen LogP contribution in [0.25, 0.3) is 0 Å². The van der Waals surface area contributed by atoms with Crippen LogP contribution in [0.3, 0.4) is 0 Å². The Balaban J connectivity index is 1.93. The van der Waals surface area contributed by atoms with E-state index >= 15 is 0 Å². The van der Waals surface area contributed by atoms with Crippen molar-refractivity contribution in [2.75, 3.05) is 20.2 Å². The largest absolute Gasteiger partial charge is 0.469 e. The van der Waals surface area contributed by atoms with Crippen LogP contribution in [0, 0.1) is 0 Å². The van der Waals surface area contributed by atoms with Crippen LogP contribution in [-0.2, 0) is 9.53 Å². The molecule has 1 aliphatic carbocycles. The maximum absolute atomic E-state index is 11.4. The molecule has 4 nitrogen and oxygen atoms in total. The maximum Gasteiger partial charge on any atom is 0.307 e. The first kappa shape index (κ1) is 13.8. The van der Waals surface area contributed by atoms with E-state index in [1.54, 1.807) is 0 Å². The van der Waals surface area contributed by atoms with Crippen LogP contribution in [-0.4, -0.2) is 49.2 Å². The lowest BCUT2D eigenvalue weighted by molar-refractivity contribution is -0.141. The Labute approximate surface area is 110 Å². The second-order valence-electron chi connectivity index (χ2n) is 5.77. The summed E-state index contributed by atoms with van der Waals surface area (Å²) in [6.07, 6.45) is 7.06. The van der Waals surface area contributed by atoms with Gasteiger partial charge in [0.15, 0.2) is 0 Å². The number of rotatable bonds is 3. The fraction of sp³-hybridized carbons (Fsp3) is 0.929. The first-order chi connectivity index (χ1) is 8.69. The van der Waals surface area contributed by atoms with E-state index < -0.39 is 0 Å². The summed E-state index contributed by atoms with van der Waals surface area (Å²) in [6, 6.07) is 1.49. The number of esters is 1. The Morgan fingerprint density at radius 3 is 2.72 bits per heavy atom. The third-order valence-electron chi connectivity index (χ3n) is 4.31. The average Bonchev–Trinajstić information content (AvgIpc) is 2.81. The quantitative estimate of drug-likeness (QED) is 0.776. The van der Waals surface area contributed by atoms with Crippen molar-refractivity contribution in [3.63, 3.8) is 0 Å². The molecule has 2 rings (SSSR count). The highest BCUT2D eigenvalue weighted by molar-refractivity contribution is 5.69. The minimum atomic E-state index is -0.104. The van der Waals surface area contributed by atoms with Gasteiger partial charge in [-0.3, -0.25) is 9.69 Å². The first-order valence-electron chi connectivity index (χ1n) is 7.26. The van der Waals surface area contributed by atoms with E-state index in [9.17, 15) is 4.79 Å². The normalized spacial score (nSPS) is 31.2. The lowest BCUT2D eigenvalue weighted by Crippen LogP contribution is -2.44. The zero-order chi connectivity index (χ0) is 13.0. The molecule has 0 aromatic heterocycles. The molecule has 1 aliphatic heterocycles. The fourth-order valence-corrected chi connectivity index (χ4v) is 3.28. The van der Waals surface area contributed by atoms with E-state index in [1.165, 1.54) is 39.2 Å². The van der Waals surface area contributed by atoms with Crippen molar-refractivity contribution in [2.45, 2.75) is 63.6 Å². The zero-order valence-corrected chi connectivity index (χ0v) is 11.7. The molecule has 1 saturated heterocycles. The van der Waals surface area contributed by atoms with Gasteiger partial charge in [0.25, 0.3) is 0 Å². The number of carbonyl (C=O) groups is 1. The molecular weight excluding hydrogens is 228 g/mol. The number of ether oxygens (including phenoxy) is 1. The van der Waals surface area contributed by atoms with Gasteiger partial charge in [-0.05, 0) is 32.7 Å². The predicted molar refractivity (Wildman–Crippen MR) is 71.5 cm³/mol. The first-order valence-corrected chi connectivity index (χ1v) is 7.26. The van der Waals surface area contributed by atoms with Crippen molar-refractivity contribution in [3.8, 4) is 0 Å². The third-order valence-corrected chi connectivity index (χ3v) is 4.31. The molecule has 0 spiro atoms. The van der Waals surface area contributed by atoms with Crippen LogP contribution in [0.5, 0.6) is 0 Å². The van der Waals surface area contributed by atoms with E-state index in [4.69, 9.17) is 4.74 Å². The molecule has 0 radical (unpaired) electrons. The molecule has 0 bridgehead atoms. The zero-order valence-electron chi connectivity index (χ0n) is 11.7. The van der Waals surface area contributed by atoms with Crippen molar-refractivity contribution in [2.24, 2.45) is 0 Å². The molecule has 2 aliphatic rings. The van der Waals surface area contributed by atoms with Crippen LogP contribution in [0.2, 0.25) is 0 Å². The molecule has 104 valence electrons. The Morgan fingerprint density at radius 1 is 1.33 bits per heavy atom. The lowest BCUT2D eigenvalue weighted by Gasteiger charge is -2.29. The minimum Gasteiger partial charge on any atom is -0.469 e. The summed E-state index contributed by atoms with van der Waals surface area (Å²) in [5.41, 5.74) is 0. The van der Waals surface area contributed by atoms with Crippen molar-refractivity contribution >= 4 is 5.97 Å². The van der Waals surface area contributed by atoms with Gasteiger partial charge < -0.3 is 10.1 Å². The van der Waals surface area contributed by atoms with Crippen LogP contribution in [0.1, 0.15) is 45.4 Å². The summed E-state index contributed by atoms with van der Waals surface area (Å²) in [5.74, 6) is -0.104. The van der Waals surface area contributed by atoms with E-state index in [0.29, 0.717) is 12.5 Å². The van der Waals surface area contributed by atoms with Crippen molar-refractivity contribution in [1.82, 2.24) is 10.2 Å². The molecule has 2 atom stereocenters. The summed E-state index contributed by atoms with van der Waals surface area (Å²) in [4.78, 5) is 14.0. The molecule has 4 heteroatoms. The van der Waals surface area contributed by atoms with Gasteiger partial charge in [0, 0.05) is 24.7 Å². The lowest BCUT2D eigenvalue weighted by atomic mass is 10.1. The molecule has 2 fully saturated rings. The summed E-state index contributed by atoms with van der Waals surface area (Å²) in [6.45, 7) is 4.36. The fourth-order valence-electron chi connectivity index (χ4n) is 3.28. The number of carbonyl (C=O) groups excluding carboxylic acids is 1. The standard InChI is InChI=1S/C14H26N2O2/c1-11-7-8-16(13-5-3-4-6-13)10-12(15-11)9-14(17)18-2/h11-13,15H,3-10H2,1-2H3. The van der Waals surface area contributed by atoms with Gasteiger partial charge in [-0.15, -0.1) is 0 Å². The Hall–Kier alpha value is -0.610. The van der Waals surface area contributed by atoms with Crippen LogP contribution < -0.4 is 5.32 Å². The van der Waals surface area contributed by atoms with Gasteiger partial charge in [-0.1, -0.05) is 12.8 Å². The smallest absolute Gasteiger partial charge is 0.307 e. The predicted octanol–water partition coefficient (Wildman–Crippen LogP) is 1.54. The number of hydrogen-bond acceptors (Lipinski definition) is 4. The molecule has 2 unspecified atom stereocenters. The monoisotopic (exact) mass is 254 g/mol. The van der Waals surface area contributed by atoms with Gasteiger partial charge >= 0.3 is 5.97 Å². The summed E-state index contributed by atoms with van der Waals surface area (Å²) in [7, 11) is 1.47. The number of nitrogens with one attached hydrogen (secondary N) is 1. The van der Waals surface area contributed by atoms with Crippen LogP contribution >= 0.6 is 0 Å². The van der Waals surface area contributed by atoms with E-state index in [-0.39, 0.29) is 12.0 Å². The summed E-state index contributed by atoms with van der Waals surface area (Å²) < 4.78 is 4.79.